The molecule has 1 heterocycles. The zero-order valence-electron chi connectivity index (χ0n) is 12.8. The quantitative estimate of drug-likeness (QED) is 0.693. The number of carbonyl (C=O) groups excluding carboxylic acids is 1. The minimum atomic E-state index is 0.0300. The maximum atomic E-state index is 11.7. The van der Waals surface area contributed by atoms with Gasteiger partial charge in [0.1, 0.15) is 12.1 Å². The van der Waals surface area contributed by atoms with Gasteiger partial charge in [-0.15, -0.1) is 0 Å². The number of rotatable bonds is 9. The third kappa shape index (κ3) is 4.96. The Balaban J connectivity index is 1.72. The van der Waals surface area contributed by atoms with Gasteiger partial charge in [-0.3, -0.25) is 4.79 Å². The lowest BCUT2D eigenvalue weighted by atomic mass is 10.2. The maximum absolute atomic E-state index is 11.7. The lowest BCUT2D eigenvalue weighted by Crippen LogP contribution is -2.27. The number of ether oxygens (including phenoxy) is 1. The van der Waals surface area contributed by atoms with E-state index in [-0.39, 0.29) is 5.91 Å². The molecule has 22 heavy (non-hydrogen) atoms. The number of amides is 1. The summed E-state index contributed by atoms with van der Waals surface area (Å²) in [5.74, 6) is 0.789. The Morgan fingerprint density at radius 1 is 1.23 bits per heavy atom. The van der Waals surface area contributed by atoms with Crippen molar-refractivity contribution >= 4 is 22.6 Å². The second-order valence-electron chi connectivity index (χ2n) is 4.82. The van der Waals surface area contributed by atoms with Crippen LogP contribution >= 0.6 is 0 Å². The van der Waals surface area contributed by atoms with Crippen LogP contribution < -0.4 is 10.6 Å². The molecule has 0 aliphatic heterocycles. The SMILES string of the molecule is CCOCCCNC(=O)CCNc1ncnc2ccccc12. The zero-order valence-corrected chi connectivity index (χ0v) is 12.8. The second kappa shape index (κ2) is 8.94. The number of benzene rings is 1. The van der Waals surface area contributed by atoms with Crippen molar-refractivity contribution in [2.45, 2.75) is 19.8 Å². The molecular formula is C16H22N4O2. The highest BCUT2D eigenvalue weighted by Gasteiger charge is 2.04. The molecule has 2 rings (SSSR count). The van der Waals surface area contributed by atoms with E-state index >= 15 is 0 Å². The fourth-order valence-electron chi connectivity index (χ4n) is 2.07. The van der Waals surface area contributed by atoms with E-state index in [9.17, 15) is 4.79 Å². The standard InChI is InChI=1S/C16H22N4O2/c1-2-22-11-5-9-17-15(21)8-10-18-16-13-6-3-4-7-14(13)19-12-20-16/h3-4,6-7,12H,2,5,8-11H2,1H3,(H,17,21)(H,18,19,20). The van der Waals surface area contributed by atoms with Crippen molar-refractivity contribution in [3.63, 3.8) is 0 Å². The summed E-state index contributed by atoms with van der Waals surface area (Å²) in [5.41, 5.74) is 0.889. The summed E-state index contributed by atoms with van der Waals surface area (Å²) in [6, 6.07) is 7.79. The molecule has 2 aromatic rings. The Morgan fingerprint density at radius 3 is 2.95 bits per heavy atom. The van der Waals surface area contributed by atoms with Gasteiger partial charge in [0.15, 0.2) is 0 Å². The molecule has 0 saturated carbocycles. The first-order chi connectivity index (χ1) is 10.8. The number of hydrogen-bond acceptors (Lipinski definition) is 5. The van der Waals surface area contributed by atoms with Crippen LogP contribution in [0.5, 0.6) is 0 Å². The van der Waals surface area contributed by atoms with Crippen LogP contribution in [0.1, 0.15) is 19.8 Å². The first-order valence-corrected chi connectivity index (χ1v) is 7.59. The molecule has 0 aliphatic rings. The predicted octanol–water partition coefficient (Wildman–Crippen LogP) is 1.97. The number of hydrogen-bond donors (Lipinski definition) is 2. The molecule has 6 nitrogen and oxygen atoms in total. The Hall–Kier alpha value is -2.21. The van der Waals surface area contributed by atoms with Crippen LogP contribution in [0.25, 0.3) is 10.9 Å². The molecule has 1 aromatic carbocycles. The number of fused-ring (bicyclic) bond motifs is 1. The fourth-order valence-corrected chi connectivity index (χ4v) is 2.07. The summed E-state index contributed by atoms with van der Waals surface area (Å²) in [4.78, 5) is 20.1. The molecule has 0 aliphatic carbocycles. The average Bonchev–Trinajstić information content (AvgIpc) is 2.55. The second-order valence-corrected chi connectivity index (χ2v) is 4.82. The molecular weight excluding hydrogens is 280 g/mol. The number of carbonyl (C=O) groups is 1. The van der Waals surface area contributed by atoms with Gasteiger partial charge in [-0.25, -0.2) is 9.97 Å². The van der Waals surface area contributed by atoms with Gasteiger partial charge in [-0.2, -0.15) is 0 Å². The average molecular weight is 302 g/mol. The molecule has 0 spiro atoms. The molecule has 1 amide bonds. The molecule has 118 valence electrons. The summed E-state index contributed by atoms with van der Waals surface area (Å²) in [7, 11) is 0. The maximum Gasteiger partial charge on any atom is 0.221 e. The Labute approximate surface area is 130 Å². The van der Waals surface area contributed by atoms with Crippen molar-refractivity contribution < 1.29 is 9.53 Å². The van der Waals surface area contributed by atoms with E-state index in [4.69, 9.17) is 4.74 Å². The van der Waals surface area contributed by atoms with Crippen molar-refractivity contribution in [3.05, 3.63) is 30.6 Å². The van der Waals surface area contributed by atoms with Gasteiger partial charge in [0.2, 0.25) is 5.91 Å². The zero-order chi connectivity index (χ0) is 15.6. The Kier molecular flexibility index (Phi) is 6.57. The molecule has 0 fully saturated rings. The molecule has 0 atom stereocenters. The van der Waals surface area contributed by atoms with Gasteiger partial charge in [-0.05, 0) is 25.5 Å². The lowest BCUT2D eigenvalue weighted by molar-refractivity contribution is -0.120. The molecule has 0 saturated heterocycles. The third-order valence-electron chi connectivity index (χ3n) is 3.18. The van der Waals surface area contributed by atoms with Crippen molar-refractivity contribution in [1.82, 2.24) is 15.3 Å². The van der Waals surface area contributed by atoms with Gasteiger partial charge in [0.05, 0.1) is 5.52 Å². The molecule has 0 bridgehead atoms. The molecule has 2 N–H and O–H groups in total. The summed E-state index contributed by atoms with van der Waals surface area (Å²) in [6.45, 7) is 4.54. The first-order valence-electron chi connectivity index (χ1n) is 7.59. The summed E-state index contributed by atoms with van der Waals surface area (Å²) in [5, 5.41) is 7.03. The molecule has 1 aromatic heterocycles. The van der Waals surface area contributed by atoms with Crippen LogP contribution in [0.3, 0.4) is 0 Å². The van der Waals surface area contributed by atoms with Crippen LogP contribution in [-0.2, 0) is 9.53 Å². The number of aromatic nitrogens is 2. The minimum absolute atomic E-state index is 0.0300. The lowest BCUT2D eigenvalue weighted by Gasteiger charge is -2.08. The van der Waals surface area contributed by atoms with E-state index in [0.717, 1.165) is 23.1 Å². The van der Waals surface area contributed by atoms with E-state index < -0.39 is 0 Å². The first kappa shape index (κ1) is 16.2. The Bertz CT molecular complexity index is 598. The third-order valence-corrected chi connectivity index (χ3v) is 3.18. The monoisotopic (exact) mass is 302 g/mol. The van der Waals surface area contributed by atoms with Gasteiger partial charge in [0.25, 0.3) is 0 Å². The number of nitrogens with zero attached hydrogens (tertiary/aromatic N) is 2. The largest absolute Gasteiger partial charge is 0.382 e. The van der Waals surface area contributed by atoms with Gasteiger partial charge < -0.3 is 15.4 Å². The van der Waals surface area contributed by atoms with Crippen molar-refractivity contribution in [2.24, 2.45) is 0 Å². The van der Waals surface area contributed by atoms with E-state index in [1.54, 1.807) is 0 Å². The number of anilines is 1. The van der Waals surface area contributed by atoms with E-state index in [1.807, 2.05) is 31.2 Å². The van der Waals surface area contributed by atoms with Crippen LogP contribution in [0.4, 0.5) is 5.82 Å². The van der Waals surface area contributed by atoms with E-state index in [0.29, 0.717) is 32.7 Å². The highest BCUT2D eigenvalue weighted by atomic mass is 16.5. The van der Waals surface area contributed by atoms with Crippen LogP contribution in [0.2, 0.25) is 0 Å². The van der Waals surface area contributed by atoms with E-state index in [2.05, 4.69) is 20.6 Å². The fraction of sp³-hybridized carbons (Fsp3) is 0.438. The van der Waals surface area contributed by atoms with Crippen LogP contribution in [-0.4, -0.2) is 42.2 Å². The van der Waals surface area contributed by atoms with Crippen LogP contribution in [0.15, 0.2) is 30.6 Å². The topological polar surface area (TPSA) is 76.1 Å². The van der Waals surface area contributed by atoms with Crippen molar-refractivity contribution in [3.8, 4) is 0 Å². The molecule has 6 heteroatoms. The minimum Gasteiger partial charge on any atom is -0.382 e. The Morgan fingerprint density at radius 2 is 2.09 bits per heavy atom. The normalized spacial score (nSPS) is 10.6. The van der Waals surface area contributed by atoms with Gasteiger partial charge in [0, 0.05) is 38.1 Å². The smallest absolute Gasteiger partial charge is 0.221 e. The number of para-hydroxylation sites is 1. The highest BCUT2D eigenvalue weighted by Crippen LogP contribution is 2.17. The van der Waals surface area contributed by atoms with Crippen molar-refractivity contribution in [1.29, 1.82) is 0 Å². The van der Waals surface area contributed by atoms with Gasteiger partial charge in [-0.1, -0.05) is 12.1 Å². The summed E-state index contributed by atoms with van der Waals surface area (Å²) >= 11 is 0. The summed E-state index contributed by atoms with van der Waals surface area (Å²) in [6.07, 6.45) is 2.77. The van der Waals surface area contributed by atoms with Gasteiger partial charge >= 0.3 is 0 Å². The van der Waals surface area contributed by atoms with E-state index in [1.165, 1.54) is 6.33 Å². The predicted molar refractivity (Wildman–Crippen MR) is 86.8 cm³/mol. The van der Waals surface area contributed by atoms with Crippen LogP contribution in [0, 0.1) is 0 Å². The number of nitrogens with one attached hydrogen (secondary N) is 2. The molecule has 0 radical (unpaired) electrons. The van der Waals surface area contributed by atoms with Crippen molar-refractivity contribution in [2.75, 3.05) is 31.6 Å². The molecule has 0 unspecified atom stereocenters. The highest BCUT2D eigenvalue weighted by molar-refractivity contribution is 5.88. The summed E-state index contributed by atoms with van der Waals surface area (Å²) < 4.78 is 5.22.